The van der Waals surface area contributed by atoms with E-state index in [0.29, 0.717) is 18.0 Å². The van der Waals surface area contributed by atoms with E-state index in [9.17, 15) is 4.79 Å². The number of benzene rings is 1. The lowest BCUT2D eigenvalue weighted by atomic mass is 9.87. The van der Waals surface area contributed by atoms with Gasteiger partial charge in [-0.25, -0.2) is 4.79 Å². The largest absolute Gasteiger partial charge is 0.493 e. The fraction of sp³-hybridized carbons (Fsp3) is 0.611. The third-order valence-electron chi connectivity index (χ3n) is 4.47. The quantitative estimate of drug-likeness (QED) is 0.866. The Morgan fingerprint density at radius 2 is 1.96 bits per heavy atom. The zero-order chi connectivity index (χ0) is 17.9. The van der Waals surface area contributed by atoms with Crippen LogP contribution in [-0.4, -0.2) is 43.8 Å². The summed E-state index contributed by atoms with van der Waals surface area (Å²) in [7, 11) is 3.25. The summed E-state index contributed by atoms with van der Waals surface area (Å²) in [4.78, 5) is 14.5. The van der Waals surface area contributed by atoms with Crippen LogP contribution < -0.4 is 20.5 Å². The summed E-state index contributed by atoms with van der Waals surface area (Å²) in [6.07, 6.45) is 1.55. The lowest BCUT2D eigenvalue weighted by Crippen LogP contribution is -2.52. The van der Waals surface area contributed by atoms with Crippen LogP contribution in [0.2, 0.25) is 0 Å². The molecule has 1 aliphatic heterocycles. The number of hydrogen-bond donors (Lipinski definition) is 2. The number of amides is 2. The zero-order valence-electron chi connectivity index (χ0n) is 15.3. The standard InChI is InChI=1S/C18H29N3O3/c1-6-14(19)17-13-10-16(24-5)15(23-4)9-12(13)7-8-21(17)18(22)20-11(2)3/h9-11,14,17H,6-8,19H2,1-5H3,(H,20,22). The van der Waals surface area contributed by atoms with Gasteiger partial charge in [-0.15, -0.1) is 0 Å². The Balaban J connectivity index is 2.46. The predicted octanol–water partition coefficient (Wildman–Crippen LogP) is 2.46. The highest BCUT2D eigenvalue weighted by Crippen LogP contribution is 2.39. The molecule has 0 fully saturated rings. The number of nitrogens with zero attached hydrogens (tertiary/aromatic N) is 1. The maximum absolute atomic E-state index is 12.6. The van der Waals surface area contributed by atoms with E-state index in [1.807, 2.05) is 37.8 Å². The zero-order valence-corrected chi connectivity index (χ0v) is 15.3. The number of nitrogens with two attached hydrogens (primary N) is 1. The van der Waals surface area contributed by atoms with Gasteiger partial charge in [0.2, 0.25) is 0 Å². The van der Waals surface area contributed by atoms with Crippen molar-refractivity contribution in [2.75, 3.05) is 20.8 Å². The van der Waals surface area contributed by atoms with E-state index in [0.717, 1.165) is 24.0 Å². The van der Waals surface area contributed by atoms with Gasteiger partial charge in [0.15, 0.2) is 11.5 Å². The van der Waals surface area contributed by atoms with Crippen LogP contribution in [0.25, 0.3) is 0 Å². The molecule has 6 heteroatoms. The number of urea groups is 1. The van der Waals surface area contributed by atoms with Crippen LogP contribution in [0, 0.1) is 0 Å². The first kappa shape index (κ1) is 18.4. The topological polar surface area (TPSA) is 76.8 Å². The highest BCUT2D eigenvalue weighted by Gasteiger charge is 2.35. The first-order valence-corrected chi connectivity index (χ1v) is 8.50. The molecule has 2 amide bonds. The Morgan fingerprint density at radius 3 is 2.50 bits per heavy atom. The van der Waals surface area contributed by atoms with Gasteiger partial charge in [0, 0.05) is 18.6 Å². The molecule has 1 aromatic carbocycles. The molecule has 6 nitrogen and oxygen atoms in total. The Morgan fingerprint density at radius 1 is 1.33 bits per heavy atom. The van der Waals surface area contributed by atoms with Crippen LogP contribution in [-0.2, 0) is 6.42 Å². The first-order chi connectivity index (χ1) is 11.4. The molecule has 3 N–H and O–H groups in total. The van der Waals surface area contributed by atoms with Crippen LogP contribution in [0.3, 0.4) is 0 Å². The van der Waals surface area contributed by atoms with Crippen molar-refractivity contribution >= 4 is 6.03 Å². The van der Waals surface area contributed by atoms with Gasteiger partial charge in [-0.2, -0.15) is 0 Å². The Kier molecular flexibility index (Phi) is 5.94. The van der Waals surface area contributed by atoms with Crippen LogP contribution in [0.15, 0.2) is 12.1 Å². The van der Waals surface area contributed by atoms with E-state index >= 15 is 0 Å². The highest BCUT2D eigenvalue weighted by molar-refractivity contribution is 5.76. The number of methoxy groups -OCH3 is 2. The summed E-state index contributed by atoms with van der Waals surface area (Å²) in [5.74, 6) is 1.37. The van der Waals surface area contributed by atoms with Crippen molar-refractivity contribution in [3.63, 3.8) is 0 Å². The summed E-state index contributed by atoms with van der Waals surface area (Å²) in [6.45, 7) is 6.59. The fourth-order valence-corrected chi connectivity index (χ4v) is 3.22. The highest BCUT2D eigenvalue weighted by atomic mass is 16.5. The molecule has 0 radical (unpaired) electrons. The minimum Gasteiger partial charge on any atom is -0.493 e. The molecule has 2 unspecified atom stereocenters. The van der Waals surface area contributed by atoms with Gasteiger partial charge >= 0.3 is 6.03 Å². The van der Waals surface area contributed by atoms with Crippen LogP contribution in [0.5, 0.6) is 11.5 Å². The van der Waals surface area contributed by atoms with Crippen molar-refractivity contribution in [3.05, 3.63) is 23.3 Å². The lowest BCUT2D eigenvalue weighted by Gasteiger charge is -2.40. The number of nitrogens with one attached hydrogen (secondary N) is 1. The molecule has 0 bridgehead atoms. The maximum atomic E-state index is 12.6. The molecule has 0 aliphatic carbocycles. The molecular weight excluding hydrogens is 306 g/mol. The molecule has 1 heterocycles. The minimum absolute atomic E-state index is 0.0701. The second-order valence-electron chi connectivity index (χ2n) is 6.47. The summed E-state index contributed by atoms with van der Waals surface area (Å²) in [6, 6.07) is 3.67. The number of carbonyl (C=O) groups is 1. The van der Waals surface area contributed by atoms with E-state index in [2.05, 4.69) is 5.32 Å². The van der Waals surface area contributed by atoms with Gasteiger partial charge in [-0.05, 0) is 49.9 Å². The first-order valence-electron chi connectivity index (χ1n) is 8.50. The van der Waals surface area contributed by atoms with Crippen LogP contribution >= 0.6 is 0 Å². The van der Waals surface area contributed by atoms with E-state index in [1.54, 1.807) is 14.2 Å². The third-order valence-corrected chi connectivity index (χ3v) is 4.47. The van der Waals surface area contributed by atoms with E-state index in [4.69, 9.17) is 15.2 Å². The number of ether oxygens (including phenoxy) is 2. The van der Waals surface area contributed by atoms with Crippen molar-refractivity contribution < 1.29 is 14.3 Å². The molecule has 1 aliphatic rings. The number of carbonyl (C=O) groups excluding carboxylic acids is 1. The molecule has 134 valence electrons. The average molecular weight is 335 g/mol. The summed E-state index contributed by atoms with van der Waals surface area (Å²) < 4.78 is 10.8. The van der Waals surface area contributed by atoms with Gasteiger partial charge < -0.3 is 25.4 Å². The fourth-order valence-electron chi connectivity index (χ4n) is 3.22. The van der Waals surface area contributed by atoms with Crippen molar-refractivity contribution in [3.8, 4) is 11.5 Å². The smallest absolute Gasteiger partial charge is 0.318 e. The molecule has 24 heavy (non-hydrogen) atoms. The van der Waals surface area contributed by atoms with Gasteiger partial charge in [-0.3, -0.25) is 0 Å². The van der Waals surface area contributed by atoms with Crippen LogP contribution in [0.4, 0.5) is 4.79 Å². The number of rotatable bonds is 5. The van der Waals surface area contributed by atoms with E-state index in [-0.39, 0.29) is 24.2 Å². The van der Waals surface area contributed by atoms with Crippen molar-refractivity contribution in [1.29, 1.82) is 0 Å². The molecule has 0 saturated heterocycles. The minimum atomic E-state index is -0.169. The average Bonchev–Trinajstić information content (AvgIpc) is 2.57. The SMILES string of the molecule is CCC(N)C1c2cc(OC)c(OC)cc2CCN1C(=O)NC(C)C. The van der Waals surface area contributed by atoms with Crippen molar-refractivity contribution in [2.24, 2.45) is 5.73 Å². The maximum Gasteiger partial charge on any atom is 0.318 e. The molecule has 2 rings (SSSR count). The van der Waals surface area contributed by atoms with Gasteiger partial charge in [0.1, 0.15) is 0 Å². The second kappa shape index (κ2) is 7.75. The molecule has 2 atom stereocenters. The predicted molar refractivity (Wildman–Crippen MR) is 94.6 cm³/mol. The Hall–Kier alpha value is -1.95. The molecule has 0 aromatic heterocycles. The Labute approximate surface area is 144 Å². The van der Waals surface area contributed by atoms with Gasteiger partial charge in [-0.1, -0.05) is 6.92 Å². The van der Waals surface area contributed by atoms with Crippen LogP contribution in [0.1, 0.15) is 44.4 Å². The lowest BCUT2D eigenvalue weighted by molar-refractivity contribution is 0.154. The van der Waals surface area contributed by atoms with E-state index in [1.165, 1.54) is 0 Å². The van der Waals surface area contributed by atoms with Gasteiger partial charge in [0.05, 0.1) is 20.3 Å². The third kappa shape index (κ3) is 3.59. The van der Waals surface area contributed by atoms with Crippen molar-refractivity contribution in [2.45, 2.75) is 51.7 Å². The van der Waals surface area contributed by atoms with E-state index < -0.39 is 0 Å². The molecule has 1 aromatic rings. The second-order valence-corrected chi connectivity index (χ2v) is 6.47. The summed E-state index contributed by atoms with van der Waals surface area (Å²) in [5, 5.41) is 2.98. The molecule has 0 saturated carbocycles. The monoisotopic (exact) mass is 335 g/mol. The summed E-state index contributed by atoms with van der Waals surface area (Å²) in [5.41, 5.74) is 8.60. The van der Waals surface area contributed by atoms with Crippen molar-refractivity contribution in [1.82, 2.24) is 10.2 Å². The summed E-state index contributed by atoms with van der Waals surface area (Å²) >= 11 is 0. The number of hydrogen-bond acceptors (Lipinski definition) is 4. The normalized spacial score (nSPS) is 18.1. The van der Waals surface area contributed by atoms with Gasteiger partial charge in [0.25, 0.3) is 0 Å². The Bertz CT molecular complexity index is 589. The molecule has 0 spiro atoms. The number of fused-ring (bicyclic) bond motifs is 1. The molecular formula is C18H29N3O3.